The number of hydrogen-bond donors (Lipinski definition) is 2. The van der Waals surface area contributed by atoms with Gasteiger partial charge in [0.05, 0.1) is 12.6 Å². The molecule has 1 aromatic heterocycles. The Balaban J connectivity index is 1.87. The van der Waals surface area contributed by atoms with Crippen LogP contribution in [0.15, 0.2) is 45.5 Å². The maximum atomic E-state index is 12.0. The predicted octanol–water partition coefficient (Wildman–Crippen LogP) is 3.35. The highest BCUT2D eigenvalue weighted by Gasteiger charge is 2.15. The molecule has 2 aromatic rings. The summed E-state index contributed by atoms with van der Waals surface area (Å²) in [6.07, 6.45) is 0.772. The van der Waals surface area contributed by atoms with Crippen LogP contribution in [0, 0.1) is 6.92 Å². The van der Waals surface area contributed by atoms with E-state index in [0.29, 0.717) is 4.67 Å². The molecule has 23 heavy (non-hydrogen) atoms. The second-order valence-corrected chi connectivity index (χ2v) is 6.01. The lowest BCUT2D eigenvalue weighted by molar-refractivity contribution is -0.120. The van der Waals surface area contributed by atoms with E-state index in [9.17, 15) is 9.59 Å². The summed E-state index contributed by atoms with van der Waals surface area (Å²) in [4.78, 5) is 23.8. The number of amides is 2. The minimum atomic E-state index is -0.422. The first-order valence-electron chi connectivity index (χ1n) is 7.39. The van der Waals surface area contributed by atoms with Crippen LogP contribution >= 0.6 is 15.9 Å². The monoisotopic (exact) mass is 378 g/mol. The van der Waals surface area contributed by atoms with Crippen molar-refractivity contribution in [3.63, 3.8) is 0 Å². The summed E-state index contributed by atoms with van der Waals surface area (Å²) in [5.41, 5.74) is 2.22. The van der Waals surface area contributed by atoms with Crippen molar-refractivity contribution in [3.8, 4) is 0 Å². The fourth-order valence-electron chi connectivity index (χ4n) is 2.15. The molecule has 122 valence electrons. The largest absolute Gasteiger partial charge is 0.444 e. The molecule has 5 nitrogen and oxygen atoms in total. The first-order valence-corrected chi connectivity index (χ1v) is 8.18. The van der Waals surface area contributed by atoms with Crippen LogP contribution in [-0.2, 0) is 4.79 Å². The predicted molar refractivity (Wildman–Crippen MR) is 91.1 cm³/mol. The summed E-state index contributed by atoms with van der Waals surface area (Å²) in [5.74, 6) is -0.499. The van der Waals surface area contributed by atoms with E-state index in [1.165, 1.54) is 5.56 Å². The molecule has 1 heterocycles. The molecule has 0 saturated carbocycles. The Bertz CT molecular complexity index is 679. The Morgan fingerprint density at radius 2 is 1.87 bits per heavy atom. The third-order valence-corrected chi connectivity index (χ3v) is 3.86. The zero-order valence-corrected chi connectivity index (χ0v) is 14.6. The number of benzene rings is 1. The van der Waals surface area contributed by atoms with Gasteiger partial charge < -0.3 is 15.1 Å². The number of nitrogens with one attached hydrogen (secondary N) is 2. The van der Waals surface area contributed by atoms with Crippen molar-refractivity contribution in [2.24, 2.45) is 0 Å². The topological polar surface area (TPSA) is 71.3 Å². The number of halogens is 1. The van der Waals surface area contributed by atoms with Crippen molar-refractivity contribution in [2.75, 3.05) is 6.54 Å². The van der Waals surface area contributed by atoms with Crippen molar-refractivity contribution in [3.05, 3.63) is 58.0 Å². The molecule has 1 atom stereocenters. The average molecular weight is 379 g/mol. The summed E-state index contributed by atoms with van der Waals surface area (Å²) in [5, 5.41) is 5.46. The van der Waals surface area contributed by atoms with Gasteiger partial charge in [-0.1, -0.05) is 36.8 Å². The molecule has 2 amide bonds. The molecule has 2 rings (SSSR count). The van der Waals surface area contributed by atoms with Gasteiger partial charge in [0.1, 0.15) is 0 Å². The number of hydrogen-bond acceptors (Lipinski definition) is 3. The molecule has 0 unspecified atom stereocenters. The highest BCUT2D eigenvalue weighted by Crippen LogP contribution is 2.17. The molecule has 0 bridgehead atoms. The second kappa shape index (κ2) is 7.97. The van der Waals surface area contributed by atoms with Crippen LogP contribution in [0.25, 0.3) is 0 Å². The molecule has 0 aliphatic carbocycles. The lowest BCUT2D eigenvalue weighted by Crippen LogP contribution is -2.38. The van der Waals surface area contributed by atoms with Crippen LogP contribution in [0.3, 0.4) is 0 Å². The molecule has 2 N–H and O–H groups in total. The van der Waals surface area contributed by atoms with E-state index in [4.69, 9.17) is 4.42 Å². The van der Waals surface area contributed by atoms with Crippen molar-refractivity contribution < 1.29 is 14.0 Å². The van der Waals surface area contributed by atoms with E-state index in [-0.39, 0.29) is 24.3 Å². The van der Waals surface area contributed by atoms with Gasteiger partial charge in [-0.05, 0) is 47.0 Å². The summed E-state index contributed by atoms with van der Waals surface area (Å²) in [6, 6.07) is 11.1. The maximum absolute atomic E-state index is 12.0. The SMILES string of the molecule is CC[C@@H](NC(=O)CNC(=O)c1ccc(Br)o1)c1ccc(C)cc1. The van der Waals surface area contributed by atoms with Crippen molar-refractivity contribution in [1.82, 2.24) is 10.6 Å². The number of furan rings is 1. The highest BCUT2D eigenvalue weighted by molar-refractivity contribution is 9.10. The second-order valence-electron chi connectivity index (χ2n) is 5.23. The van der Waals surface area contributed by atoms with Gasteiger partial charge in [-0.25, -0.2) is 0 Å². The third kappa shape index (κ3) is 4.96. The lowest BCUT2D eigenvalue weighted by atomic mass is 10.0. The minimum Gasteiger partial charge on any atom is -0.444 e. The van der Waals surface area contributed by atoms with Gasteiger partial charge in [-0.2, -0.15) is 0 Å². The molecule has 1 aromatic carbocycles. The molecule has 0 aliphatic heterocycles. The van der Waals surface area contributed by atoms with E-state index in [2.05, 4.69) is 26.6 Å². The number of carbonyl (C=O) groups excluding carboxylic acids is 2. The smallest absolute Gasteiger partial charge is 0.287 e. The van der Waals surface area contributed by atoms with Crippen LogP contribution in [0.1, 0.15) is 41.1 Å². The molecular formula is C17H19BrN2O3. The summed E-state index contributed by atoms with van der Waals surface area (Å²) in [6.45, 7) is 3.93. The highest BCUT2D eigenvalue weighted by atomic mass is 79.9. The molecule has 0 aliphatic rings. The first-order chi connectivity index (χ1) is 11.0. The van der Waals surface area contributed by atoms with E-state index < -0.39 is 5.91 Å². The Kier molecular flexibility index (Phi) is 5.98. The quantitative estimate of drug-likeness (QED) is 0.809. The molecule has 0 fully saturated rings. The number of carbonyl (C=O) groups is 2. The zero-order chi connectivity index (χ0) is 16.8. The van der Waals surface area contributed by atoms with Gasteiger partial charge in [-0.3, -0.25) is 9.59 Å². The van der Waals surface area contributed by atoms with Crippen LogP contribution in [0.4, 0.5) is 0 Å². The summed E-state index contributed by atoms with van der Waals surface area (Å²) in [7, 11) is 0. The normalized spacial score (nSPS) is 11.8. The molecular weight excluding hydrogens is 360 g/mol. The zero-order valence-electron chi connectivity index (χ0n) is 13.1. The first kappa shape index (κ1) is 17.3. The van der Waals surface area contributed by atoms with Gasteiger partial charge >= 0.3 is 0 Å². The fraction of sp³-hybridized carbons (Fsp3) is 0.294. The Morgan fingerprint density at radius 1 is 1.17 bits per heavy atom. The standard InChI is InChI=1S/C17H19BrN2O3/c1-3-13(12-6-4-11(2)5-7-12)20-16(21)10-19-17(22)14-8-9-15(18)23-14/h4-9,13H,3,10H2,1-2H3,(H,19,22)(H,20,21)/t13-/m1/s1. The van der Waals surface area contributed by atoms with Gasteiger partial charge in [0.25, 0.3) is 5.91 Å². The fourth-order valence-corrected chi connectivity index (χ4v) is 2.46. The summed E-state index contributed by atoms with van der Waals surface area (Å²) < 4.78 is 5.60. The average Bonchev–Trinajstić information content (AvgIpc) is 2.98. The minimum absolute atomic E-state index is 0.0715. The molecule has 0 spiro atoms. The van der Waals surface area contributed by atoms with Gasteiger partial charge in [0.15, 0.2) is 10.4 Å². The van der Waals surface area contributed by atoms with Gasteiger partial charge in [0, 0.05) is 0 Å². The van der Waals surface area contributed by atoms with E-state index in [0.717, 1.165) is 12.0 Å². The maximum Gasteiger partial charge on any atom is 0.287 e. The van der Waals surface area contributed by atoms with Crippen LogP contribution in [-0.4, -0.2) is 18.4 Å². The van der Waals surface area contributed by atoms with E-state index >= 15 is 0 Å². The van der Waals surface area contributed by atoms with Gasteiger partial charge in [0.2, 0.25) is 5.91 Å². The van der Waals surface area contributed by atoms with Crippen molar-refractivity contribution in [1.29, 1.82) is 0 Å². The lowest BCUT2D eigenvalue weighted by Gasteiger charge is -2.17. The van der Waals surface area contributed by atoms with E-state index in [1.807, 2.05) is 38.1 Å². The van der Waals surface area contributed by atoms with Gasteiger partial charge in [-0.15, -0.1) is 0 Å². The number of aryl methyl sites for hydroxylation is 1. The Morgan fingerprint density at radius 3 is 2.43 bits per heavy atom. The number of rotatable bonds is 6. The Labute approximate surface area is 143 Å². The molecule has 0 radical (unpaired) electrons. The third-order valence-electron chi connectivity index (χ3n) is 3.43. The van der Waals surface area contributed by atoms with Crippen LogP contribution in [0.5, 0.6) is 0 Å². The van der Waals surface area contributed by atoms with E-state index in [1.54, 1.807) is 12.1 Å². The summed E-state index contributed by atoms with van der Waals surface area (Å²) >= 11 is 3.13. The van der Waals surface area contributed by atoms with Crippen LogP contribution < -0.4 is 10.6 Å². The van der Waals surface area contributed by atoms with Crippen molar-refractivity contribution in [2.45, 2.75) is 26.3 Å². The Hall–Kier alpha value is -2.08. The van der Waals surface area contributed by atoms with Crippen molar-refractivity contribution >= 4 is 27.7 Å². The molecule has 6 heteroatoms. The molecule has 0 saturated heterocycles. The van der Waals surface area contributed by atoms with Crippen LogP contribution in [0.2, 0.25) is 0 Å².